The van der Waals surface area contributed by atoms with Crippen LogP contribution in [0.4, 0.5) is 0 Å². The van der Waals surface area contributed by atoms with Crippen LogP contribution in [0.15, 0.2) is 21.2 Å². The molecule has 0 radical (unpaired) electrons. The van der Waals surface area contributed by atoms with Gasteiger partial charge in [0.1, 0.15) is 11.9 Å². The van der Waals surface area contributed by atoms with Gasteiger partial charge in [-0.25, -0.2) is 0 Å². The molecule has 0 saturated heterocycles. The Bertz CT molecular complexity index is 307. The molecule has 15 heavy (non-hydrogen) atoms. The first-order chi connectivity index (χ1) is 6.94. The first-order valence-electron chi connectivity index (χ1n) is 4.93. The van der Waals surface area contributed by atoms with Crippen molar-refractivity contribution in [1.29, 1.82) is 0 Å². The Morgan fingerprint density at radius 1 is 1.53 bits per heavy atom. The molecule has 86 valence electrons. The van der Waals surface area contributed by atoms with Crippen LogP contribution >= 0.6 is 15.9 Å². The summed E-state index contributed by atoms with van der Waals surface area (Å²) in [4.78, 5) is 0. The quantitative estimate of drug-likeness (QED) is 0.898. The van der Waals surface area contributed by atoms with Crippen molar-refractivity contribution in [2.45, 2.75) is 38.4 Å². The third-order valence-electron chi connectivity index (χ3n) is 2.49. The van der Waals surface area contributed by atoms with Crippen LogP contribution in [0.25, 0.3) is 0 Å². The minimum atomic E-state index is -0.564. The van der Waals surface area contributed by atoms with E-state index in [0.29, 0.717) is 16.9 Å². The number of hydrogen-bond donors (Lipinski definition) is 1. The van der Waals surface area contributed by atoms with E-state index < -0.39 is 6.10 Å². The van der Waals surface area contributed by atoms with Gasteiger partial charge in [0.05, 0.1) is 5.60 Å². The number of aliphatic hydroxyl groups excluding tert-OH is 1. The molecule has 0 aliphatic heterocycles. The highest BCUT2D eigenvalue weighted by atomic mass is 79.9. The van der Waals surface area contributed by atoms with Crippen molar-refractivity contribution >= 4 is 15.9 Å². The van der Waals surface area contributed by atoms with Crippen molar-refractivity contribution in [3.63, 3.8) is 0 Å². The lowest BCUT2D eigenvalue weighted by Crippen LogP contribution is -2.23. The molecule has 0 spiro atoms. The predicted octanol–water partition coefficient (Wildman–Crippen LogP) is 3.28. The Hall–Kier alpha value is -0.320. The maximum atomic E-state index is 9.82. The van der Waals surface area contributed by atoms with Crippen LogP contribution < -0.4 is 0 Å². The van der Waals surface area contributed by atoms with Gasteiger partial charge in [0, 0.05) is 7.11 Å². The second-order valence-electron chi connectivity index (χ2n) is 4.16. The maximum Gasteiger partial charge on any atom is 0.169 e. The van der Waals surface area contributed by atoms with E-state index in [1.54, 1.807) is 19.2 Å². The Kier molecular flexibility index (Phi) is 4.37. The summed E-state index contributed by atoms with van der Waals surface area (Å²) >= 11 is 3.20. The van der Waals surface area contributed by atoms with Crippen LogP contribution in [0.1, 0.15) is 38.6 Å². The molecular weight excluding hydrogens is 260 g/mol. The fourth-order valence-corrected chi connectivity index (χ4v) is 1.56. The lowest BCUT2D eigenvalue weighted by atomic mass is 9.99. The molecule has 0 amide bonds. The zero-order valence-electron chi connectivity index (χ0n) is 9.29. The van der Waals surface area contributed by atoms with Crippen molar-refractivity contribution in [2.24, 2.45) is 0 Å². The van der Waals surface area contributed by atoms with E-state index in [2.05, 4.69) is 15.9 Å². The van der Waals surface area contributed by atoms with E-state index in [1.165, 1.54) is 0 Å². The van der Waals surface area contributed by atoms with Gasteiger partial charge in [0.15, 0.2) is 4.67 Å². The van der Waals surface area contributed by atoms with E-state index in [-0.39, 0.29) is 5.60 Å². The second kappa shape index (κ2) is 5.14. The summed E-state index contributed by atoms with van der Waals surface area (Å²) in [7, 11) is 1.68. The molecule has 0 bridgehead atoms. The zero-order valence-corrected chi connectivity index (χ0v) is 10.9. The average molecular weight is 277 g/mol. The van der Waals surface area contributed by atoms with E-state index in [1.807, 2.05) is 13.8 Å². The first-order valence-corrected chi connectivity index (χ1v) is 5.72. The van der Waals surface area contributed by atoms with Gasteiger partial charge in [-0.2, -0.15) is 0 Å². The van der Waals surface area contributed by atoms with Gasteiger partial charge in [0.25, 0.3) is 0 Å². The predicted molar refractivity (Wildman–Crippen MR) is 61.7 cm³/mol. The standard InChI is InChI=1S/C11H17BrO3/c1-11(2,14-3)7-6-8(13)9-4-5-10(12)15-9/h4-5,8,13H,6-7H2,1-3H3. The van der Waals surface area contributed by atoms with Gasteiger partial charge in [-0.05, 0) is 54.8 Å². The molecule has 3 nitrogen and oxygen atoms in total. The highest BCUT2D eigenvalue weighted by molar-refractivity contribution is 9.10. The molecule has 1 aromatic heterocycles. The van der Waals surface area contributed by atoms with Crippen molar-refractivity contribution in [3.8, 4) is 0 Å². The van der Waals surface area contributed by atoms with E-state index in [9.17, 15) is 5.11 Å². The van der Waals surface area contributed by atoms with E-state index in [0.717, 1.165) is 6.42 Å². The summed E-state index contributed by atoms with van der Waals surface area (Å²) < 4.78 is 11.2. The van der Waals surface area contributed by atoms with Crippen LogP contribution in [0, 0.1) is 0 Å². The third kappa shape index (κ3) is 3.97. The molecule has 0 aromatic carbocycles. The van der Waals surface area contributed by atoms with E-state index in [4.69, 9.17) is 9.15 Å². The lowest BCUT2D eigenvalue weighted by molar-refractivity contribution is 0.000700. The molecule has 0 fully saturated rings. The van der Waals surface area contributed by atoms with Crippen LogP contribution in [0.3, 0.4) is 0 Å². The molecule has 0 aliphatic rings. The monoisotopic (exact) mass is 276 g/mol. The van der Waals surface area contributed by atoms with Gasteiger partial charge in [-0.3, -0.25) is 0 Å². The summed E-state index contributed by atoms with van der Waals surface area (Å²) in [5, 5.41) is 9.82. The minimum absolute atomic E-state index is 0.204. The van der Waals surface area contributed by atoms with Gasteiger partial charge in [0.2, 0.25) is 0 Å². The summed E-state index contributed by atoms with van der Waals surface area (Å²) in [5.41, 5.74) is -0.204. The third-order valence-corrected chi connectivity index (χ3v) is 2.92. The van der Waals surface area contributed by atoms with Crippen LogP contribution in [0.2, 0.25) is 0 Å². The normalized spacial score (nSPS) is 14.2. The number of furan rings is 1. The molecule has 0 aliphatic carbocycles. The molecule has 1 heterocycles. The molecular formula is C11H17BrO3. The summed E-state index contributed by atoms with van der Waals surface area (Å²) in [6.07, 6.45) is 0.842. The first kappa shape index (κ1) is 12.7. The molecule has 4 heteroatoms. The molecule has 1 aromatic rings. The Balaban J connectivity index is 2.46. The fraction of sp³-hybridized carbons (Fsp3) is 0.636. The van der Waals surface area contributed by atoms with Crippen molar-refractivity contribution < 1.29 is 14.3 Å². The lowest BCUT2D eigenvalue weighted by Gasteiger charge is -2.23. The van der Waals surface area contributed by atoms with Crippen molar-refractivity contribution in [3.05, 3.63) is 22.6 Å². The smallest absolute Gasteiger partial charge is 0.169 e. The average Bonchev–Trinajstić information content (AvgIpc) is 2.61. The second-order valence-corrected chi connectivity index (χ2v) is 4.94. The maximum absolute atomic E-state index is 9.82. The topological polar surface area (TPSA) is 42.6 Å². The molecule has 1 N–H and O–H groups in total. The van der Waals surface area contributed by atoms with Crippen molar-refractivity contribution in [2.75, 3.05) is 7.11 Å². The highest BCUT2D eigenvalue weighted by Crippen LogP contribution is 2.26. The number of aliphatic hydroxyl groups is 1. The summed E-state index contributed by atoms with van der Waals surface area (Å²) in [6, 6.07) is 3.55. The minimum Gasteiger partial charge on any atom is -0.452 e. The van der Waals surface area contributed by atoms with E-state index >= 15 is 0 Å². The van der Waals surface area contributed by atoms with Crippen molar-refractivity contribution in [1.82, 2.24) is 0 Å². The molecule has 1 unspecified atom stereocenters. The SMILES string of the molecule is COC(C)(C)CCC(O)c1ccc(Br)o1. The Labute approximate surface area is 98.6 Å². The number of ether oxygens (including phenoxy) is 1. The fourth-order valence-electron chi connectivity index (χ4n) is 1.24. The van der Waals surface area contributed by atoms with Gasteiger partial charge >= 0.3 is 0 Å². The number of halogens is 1. The Morgan fingerprint density at radius 3 is 2.67 bits per heavy atom. The summed E-state index contributed by atoms with van der Waals surface area (Å²) in [6.45, 7) is 4.00. The Morgan fingerprint density at radius 2 is 2.20 bits per heavy atom. The van der Waals surface area contributed by atoms with Gasteiger partial charge < -0.3 is 14.3 Å². The van der Waals surface area contributed by atoms with Gasteiger partial charge in [-0.15, -0.1) is 0 Å². The molecule has 0 saturated carbocycles. The van der Waals surface area contributed by atoms with Gasteiger partial charge in [-0.1, -0.05) is 0 Å². The molecule has 1 rings (SSSR count). The molecule has 1 atom stereocenters. The van der Waals surface area contributed by atoms with Crippen LogP contribution in [-0.4, -0.2) is 17.8 Å². The number of hydrogen-bond acceptors (Lipinski definition) is 3. The highest BCUT2D eigenvalue weighted by Gasteiger charge is 2.20. The largest absolute Gasteiger partial charge is 0.452 e. The van der Waals surface area contributed by atoms with Crippen LogP contribution in [0.5, 0.6) is 0 Å². The summed E-state index contributed by atoms with van der Waals surface area (Å²) in [5.74, 6) is 0.591. The number of methoxy groups -OCH3 is 1. The van der Waals surface area contributed by atoms with Crippen LogP contribution in [-0.2, 0) is 4.74 Å². The number of rotatable bonds is 5. The zero-order chi connectivity index (χ0) is 11.5.